The van der Waals surface area contributed by atoms with Crippen molar-refractivity contribution in [3.05, 3.63) is 41.2 Å². The lowest BCUT2D eigenvalue weighted by molar-refractivity contribution is -0.190. The zero-order chi connectivity index (χ0) is 26.4. The van der Waals surface area contributed by atoms with Gasteiger partial charge in [-0.15, -0.1) is 0 Å². The molecular formula is C27H35F3N4O3. The Balaban J connectivity index is 1.17. The maximum Gasteiger partial charge on any atom is 0.425 e. The third-order valence-corrected chi connectivity index (χ3v) is 7.33. The van der Waals surface area contributed by atoms with Crippen molar-refractivity contribution in [2.75, 3.05) is 19.6 Å². The summed E-state index contributed by atoms with van der Waals surface area (Å²) < 4.78 is 48.8. The van der Waals surface area contributed by atoms with E-state index in [9.17, 15) is 18.0 Å². The van der Waals surface area contributed by atoms with Gasteiger partial charge in [0.05, 0.1) is 12.6 Å². The van der Waals surface area contributed by atoms with Gasteiger partial charge in [0.25, 0.3) is 5.91 Å². The van der Waals surface area contributed by atoms with Crippen LogP contribution in [0.3, 0.4) is 0 Å². The van der Waals surface area contributed by atoms with Gasteiger partial charge in [-0.05, 0) is 69.4 Å². The predicted octanol–water partition coefficient (Wildman–Crippen LogP) is 5.14. The molecule has 0 spiro atoms. The molecular weight excluding hydrogens is 485 g/mol. The Hall–Kier alpha value is -2.75. The normalized spacial score (nSPS) is 22.0. The van der Waals surface area contributed by atoms with Crippen molar-refractivity contribution in [3.8, 4) is 5.88 Å². The topological polar surface area (TPSA) is 80.8 Å². The molecule has 7 nitrogen and oxygen atoms in total. The van der Waals surface area contributed by atoms with E-state index in [-0.39, 0.29) is 18.2 Å². The van der Waals surface area contributed by atoms with Crippen LogP contribution in [0, 0.1) is 18.8 Å². The zero-order valence-corrected chi connectivity index (χ0v) is 21.5. The van der Waals surface area contributed by atoms with E-state index in [1.807, 2.05) is 12.3 Å². The number of carbonyl (C=O) groups is 1. The van der Waals surface area contributed by atoms with E-state index in [4.69, 9.17) is 9.15 Å². The molecule has 202 valence electrons. The molecule has 1 atom stereocenters. The summed E-state index contributed by atoms with van der Waals surface area (Å²) in [6.07, 6.45) is 4.22. The minimum absolute atomic E-state index is 0.0343. The summed E-state index contributed by atoms with van der Waals surface area (Å²) in [6, 6.07) is 3.39. The van der Waals surface area contributed by atoms with Crippen LogP contribution in [0.25, 0.3) is 0 Å². The lowest BCUT2D eigenvalue weighted by atomic mass is 9.81. The van der Waals surface area contributed by atoms with E-state index in [0.29, 0.717) is 29.9 Å². The molecule has 1 fully saturated rings. The number of fused-ring (bicyclic) bond motifs is 1. The molecule has 0 N–H and O–H groups in total. The zero-order valence-electron chi connectivity index (χ0n) is 21.5. The highest BCUT2D eigenvalue weighted by atomic mass is 19.4. The minimum atomic E-state index is -4.41. The number of oxazole rings is 1. The van der Waals surface area contributed by atoms with Gasteiger partial charge in [0.15, 0.2) is 12.0 Å². The Morgan fingerprint density at radius 1 is 1.24 bits per heavy atom. The third kappa shape index (κ3) is 8.12. The van der Waals surface area contributed by atoms with Gasteiger partial charge in [-0.2, -0.15) is 13.2 Å². The fourth-order valence-corrected chi connectivity index (χ4v) is 5.01. The lowest BCUT2D eigenvalue weighted by Crippen LogP contribution is -2.31. The molecule has 2 aromatic heterocycles. The molecule has 2 aromatic rings. The first kappa shape index (κ1) is 27.3. The second-order valence-electron chi connectivity index (χ2n) is 10.2. The number of ether oxygens (including phenoxy) is 1. The van der Waals surface area contributed by atoms with E-state index in [2.05, 4.69) is 19.9 Å². The SMILES string of the molecule is Cc1ncc(CC(=O)N=CC2CCC(CCN3CCc4ccc(O[C@H](C)C(F)(F)F)nc4CC3)CC2)o1. The molecule has 0 aromatic carbocycles. The number of hydrogen-bond acceptors (Lipinski definition) is 6. The van der Waals surface area contributed by atoms with Gasteiger partial charge in [-0.1, -0.05) is 6.07 Å². The van der Waals surface area contributed by atoms with Crippen LogP contribution in [0.4, 0.5) is 13.2 Å². The molecule has 1 aliphatic heterocycles. The van der Waals surface area contributed by atoms with Crippen LogP contribution in [-0.4, -0.2) is 58.9 Å². The first-order valence-electron chi connectivity index (χ1n) is 13.1. The fourth-order valence-electron chi connectivity index (χ4n) is 5.01. The third-order valence-electron chi connectivity index (χ3n) is 7.33. The molecule has 1 saturated carbocycles. The van der Waals surface area contributed by atoms with Crippen LogP contribution in [0.1, 0.15) is 61.9 Å². The Bertz CT molecular complexity index is 1080. The van der Waals surface area contributed by atoms with Gasteiger partial charge in [0.1, 0.15) is 5.76 Å². The number of aliphatic imine (C=N–C) groups is 1. The van der Waals surface area contributed by atoms with E-state index in [1.54, 1.807) is 19.2 Å². The van der Waals surface area contributed by atoms with Gasteiger partial charge in [0, 0.05) is 44.4 Å². The number of rotatable bonds is 8. The monoisotopic (exact) mass is 520 g/mol. The maximum absolute atomic E-state index is 12.8. The molecule has 4 rings (SSSR count). The average molecular weight is 521 g/mol. The Kier molecular flexibility index (Phi) is 9.00. The number of amides is 1. The summed E-state index contributed by atoms with van der Waals surface area (Å²) in [5, 5.41) is 0. The number of alkyl halides is 3. The molecule has 3 heterocycles. The first-order chi connectivity index (χ1) is 17.7. The first-order valence-corrected chi connectivity index (χ1v) is 13.1. The minimum Gasteiger partial charge on any atom is -0.465 e. The van der Waals surface area contributed by atoms with Crippen LogP contribution < -0.4 is 4.74 Å². The van der Waals surface area contributed by atoms with Crippen molar-refractivity contribution >= 4 is 12.1 Å². The van der Waals surface area contributed by atoms with E-state index in [0.717, 1.165) is 76.3 Å². The maximum atomic E-state index is 12.8. The van der Waals surface area contributed by atoms with Crippen molar-refractivity contribution in [1.82, 2.24) is 14.9 Å². The molecule has 2 aliphatic rings. The highest BCUT2D eigenvalue weighted by Crippen LogP contribution is 2.31. The van der Waals surface area contributed by atoms with E-state index >= 15 is 0 Å². The van der Waals surface area contributed by atoms with Crippen molar-refractivity contribution < 1.29 is 27.1 Å². The number of hydrogen-bond donors (Lipinski definition) is 0. The number of halogens is 3. The highest BCUT2D eigenvalue weighted by molar-refractivity contribution is 5.86. The van der Waals surface area contributed by atoms with Crippen LogP contribution in [0.2, 0.25) is 0 Å². The standard InChI is InChI=1S/C27H35F3N4O3/c1-18(27(28,29)30)36-26-8-7-22-10-13-34(14-11-24(22)33-26)12-9-20-3-5-21(6-4-20)16-32-25(35)15-23-17-31-19(2)37-23/h7-8,16-18,20-21H,3-6,9-15H2,1-2H3/t18-,20?,21?/m1/s1. The predicted molar refractivity (Wildman–Crippen MR) is 133 cm³/mol. The Morgan fingerprint density at radius 3 is 2.70 bits per heavy atom. The second kappa shape index (κ2) is 12.2. The van der Waals surface area contributed by atoms with E-state index in [1.165, 1.54) is 0 Å². The van der Waals surface area contributed by atoms with Crippen molar-refractivity contribution in [2.24, 2.45) is 16.8 Å². The number of carbonyl (C=O) groups excluding carboxylic acids is 1. The number of nitrogens with zero attached hydrogens (tertiary/aromatic N) is 4. The summed E-state index contributed by atoms with van der Waals surface area (Å²) in [5.74, 6) is 1.91. The Morgan fingerprint density at radius 2 is 2.00 bits per heavy atom. The van der Waals surface area contributed by atoms with Crippen molar-refractivity contribution in [3.63, 3.8) is 0 Å². The number of aromatic nitrogens is 2. The van der Waals surface area contributed by atoms with Gasteiger partial charge in [0.2, 0.25) is 5.88 Å². The van der Waals surface area contributed by atoms with Crippen molar-refractivity contribution in [1.29, 1.82) is 0 Å². The van der Waals surface area contributed by atoms with Gasteiger partial charge in [-0.3, -0.25) is 4.79 Å². The molecule has 10 heteroatoms. The smallest absolute Gasteiger partial charge is 0.425 e. The van der Waals surface area contributed by atoms with Crippen LogP contribution in [0.5, 0.6) is 5.88 Å². The quantitative estimate of drug-likeness (QED) is 0.448. The average Bonchev–Trinajstić information content (AvgIpc) is 3.15. The summed E-state index contributed by atoms with van der Waals surface area (Å²) in [6.45, 7) is 5.50. The summed E-state index contributed by atoms with van der Waals surface area (Å²) in [7, 11) is 0. The molecule has 1 aliphatic carbocycles. The summed E-state index contributed by atoms with van der Waals surface area (Å²) >= 11 is 0. The van der Waals surface area contributed by atoms with Gasteiger partial charge in [-0.25, -0.2) is 15.0 Å². The lowest BCUT2D eigenvalue weighted by Gasteiger charge is -2.28. The molecule has 0 saturated heterocycles. The van der Waals surface area contributed by atoms with Crippen LogP contribution in [0.15, 0.2) is 27.7 Å². The summed E-state index contributed by atoms with van der Waals surface area (Å²) in [4.78, 5) is 27.0. The molecule has 0 bridgehead atoms. The number of pyridine rings is 1. The van der Waals surface area contributed by atoms with Gasteiger partial charge >= 0.3 is 6.18 Å². The molecule has 37 heavy (non-hydrogen) atoms. The fraction of sp³-hybridized carbons (Fsp3) is 0.630. The van der Waals surface area contributed by atoms with Gasteiger partial charge < -0.3 is 14.1 Å². The van der Waals surface area contributed by atoms with Crippen LogP contribution in [-0.2, 0) is 24.1 Å². The summed E-state index contributed by atoms with van der Waals surface area (Å²) in [5.41, 5.74) is 1.92. The largest absolute Gasteiger partial charge is 0.465 e. The highest BCUT2D eigenvalue weighted by Gasteiger charge is 2.38. The Labute approximate surface area is 215 Å². The molecule has 0 unspecified atom stereocenters. The molecule has 0 radical (unpaired) electrons. The van der Waals surface area contributed by atoms with Crippen LogP contribution >= 0.6 is 0 Å². The number of aryl methyl sites for hydroxylation is 1. The van der Waals surface area contributed by atoms with E-state index < -0.39 is 12.3 Å². The second-order valence-corrected chi connectivity index (χ2v) is 10.2. The van der Waals surface area contributed by atoms with Crippen molar-refractivity contribution in [2.45, 2.75) is 77.5 Å². The molecule has 1 amide bonds.